The molecule has 1 nitrogen and oxygen atoms in total. The summed E-state index contributed by atoms with van der Waals surface area (Å²) in [4.78, 5) is 2.50. The second-order valence-electron chi connectivity index (χ2n) is 25.0. The first-order chi connectivity index (χ1) is 30.6. The number of fused-ring (bicyclic) bond motifs is 3. The summed E-state index contributed by atoms with van der Waals surface area (Å²) < 4.78 is 0. The molecule has 0 saturated carbocycles. The van der Waals surface area contributed by atoms with Gasteiger partial charge in [-0.2, -0.15) is 0 Å². The van der Waals surface area contributed by atoms with Gasteiger partial charge in [-0.05, 0) is 153 Å². The molecule has 7 aromatic carbocycles. The van der Waals surface area contributed by atoms with Crippen molar-refractivity contribution in [2.24, 2.45) is 0 Å². The monoisotopic (exact) mass is 870 g/mol. The molecule has 0 bridgehead atoms. The number of rotatable bonds is 6. The van der Waals surface area contributed by atoms with Gasteiger partial charge in [0, 0.05) is 22.5 Å². The van der Waals surface area contributed by atoms with Crippen LogP contribution in [0.3, 0.4) is 0 Å². The first-order valence-electron chi connectivity index (χ1n) is 24.3. The van der Waals surface area contributed by atoms with Gasteiger partial charge in [-0.1, -0.05) is 221 Å². The van der Waals surface area contributed by atoms with Gasteiger partial charge in [0.25, 0.3) is 0 Å². The van der Waals surface area contributed by atoms with E-state index in [1.807, 2.05) is 0 Å². The van der Waals surface area contributed by atoms with Gasteiger partial charge in [0.2, 0.25) is 0 Å². The van der Waals surface area contributed by atoms with E-state index in [0.717, 1.165) is 5.69 Å². The normalized spacial score (nSPS) is 14.0. The van der Waals surface area contributed by atoms with Gasteiger partial charge in [-0.3, -0.25) is 0 Å². The molecule has 66 heavy (non-hydrogen) atoms. The topological polar surface area (TPSA) is 3.24 Å². The molecule has 0 aliphatic heterocycles. The Morgan fingerprint density at radius 1 is 0.288 bits per heavy atom. The fraction of sp³-hybridized carbons (Fsp3) is 0.354. The van der Waals surface area contributed by atoms with Crippen molar-refractivity contribution >= 4 is 17.1 Å². The number of hydrogen-bond acceptors (Lipinski definition) is 1. The number of benzene rings is 7. The number of nitrogens with zero attached hydrogens (tertiary/aromatic N) is 1. The van der Waals surface area contributed by atoms with Crippen LogP contribution in [0.1, 0.15) is 157 Å². The van der Waals surface area contributed by atoms with Gasteiger partial charge >= 0.3 is 0 Å². The highest BCUT2D eigenvalue weighted by atomic mass is 15.1. The van der Waals surface area contributed by atoms with Crippen LogP contribution >= 0.6 is 0 Å². The molecule has 0 unspecified atom stereocenters. The smallest absolute Gasteiger partial charge is 0.0467 e. The first kappa shape index (κ1) is 46.9. The van der Waals surface area contributed by atoms with Gasteiger partial charge in [0.05, 0.1) is 0 Å². The van der Waals surface area contributed by atoms with E-state index in [1.165, 1.54) is 94.8 Å². The first-order valence-corrected chi connectivity index (χ1v) is 24.3. The molecule has 0 heterocycles. The maximum Gasteiger partial charge on any atom is 0.0467 e. The van der Waals surface area contributed by atoms with Crippen LogP contribution in [0.15, 0.2) is 146 Å². The summed E-state index contributed by atoms with van der Waals surface area (Å²) >= 11 is 0. The lowest BCUT2D eigenvalue weighted by atomic mass is 9.78. The quantitative estimate of drug-likeness (QED) is 0.161. The van der Waals surface area contributed by atoms with Crippen LogP contribution in [0.2, 0.25) is 0 Å². The van der Waals surface area contributed by atoms with Crippen LogP contribution in [0.25, 0.3) is 44.5 Å². The van der Waals surface area contributed by atoms with E-state index in [1.54, 1.807) is 0 Å². The van der Waals surface area contributed by atoms with Crippen molar-refractivity contribution in [2.75, 3.05) is 4.90 Å². The second-order valence-corrected chi connectivity index (χ2v) is 25.0. The van der Waals surface area contributed by atoms with Crippen LogP contribution in [0.4, 0.5) is 17.1 Å². The highest BCUT2D eigenvalue weighted by Gasteiger charge is 2.36. The second kappa shape index (κ2) is 16.3. The van der Waals surface area contributed by atoms with Crippen LogP contribution < -0.4 is 4.90 Å². The number of anilines is 3. The molecule has 0 spiro atoms. The van der Waals surface area contributed by atoms with Crippen molar-refractivity contribution in [3.05, 3.63) is 185 Å². The van der Waals surface area contributed by atoms with E-state index < -0.39 is 0 Å². The molecular weight excluding hydrogens is 795 g/mol. The molecule has 0 aromatic heterocycles. The SMILES string of the molecule is CC(C)(C)c1cc(-c2ccc(-c3cccc(N(c4cc(C(C)(C)C)cc(C(C)(C)C)c4)c4ccc5c(c4)C(C)(C)c4ccccc4-5)c3)cc2)cc(-c2cc(C(C)(C)C)cc(C(C)(C)C)c2)c1. The molecule has 8 rings (SSSR count). The van der Waals surface area contributed by atoms with E-state index in [2.05, 4.69) is 268 Å². The van der Waals surface area contributed by atoms with E-state index >= 15 is 0 Å². The molecule has 0 N–H and O–H groups in total. The average molecular weight is 870 g/mol. The third-order valence-electron chi connectivity index (χ3n) is 14.2. The van der Waals surface area contributed by atoms with Gasteiger partial charge in [0.1, 0.15) is 0 Å². The van der Waals surface area contributed by atoms with Crippen LogP contribution in [-0.2, 0) is 32.5 Å². The van der Waals surface area contributed by atoms with Crippen molar-refractivity contribution in [3.63, 3.8) is 0 Å². The molecule has 1 heteroatoms. The predicted octanol–water partition coefficient (Wildman–Crippen LogP) is 19.0. The standard InChI is InChI=1S/C65H75N/c1-60(2,3)48-32-45(31-46(33-48)47-34-49(61(4,5)6)37-50(35-47)62(7,8)9)43-27-25-42(26-28-43)44-21-20-22-53(36-44)66(55-39-51(63(10,11)12)38-52(40-55)64(13,14)15)54-29-30-57-56-23-18-19-24-58(56)65(16,17)59(57)41-54/h18-41H,1-17H3. The summed E-state index contributed by atoms with van der Waals surface area (Å²) in [6.07, 6.45) is 0. The zero-order valence-corrected chi connectivity index (χ0v) is 43.3. The van der Waals surface area contributed by atoms with E-state index in [9.17, 15) is 0 Å². The third kappa shape index (κ3) is 9.21. The summed E-state index contributed by atoms with van der Waals surface area (Å²) in [5, 5.41) is 0. The molecular formula is C65H75N. The zero-order chi connectivity index (χ0) is 47.9. The van der Waals surface area contributed by atoms with Crippen LogP contribution in [0.5, 0.6) is 0 Å². The summed E-state index contributed by atoms with van der Waals surface area (Å²) in [7, 11) is 0. The van der Waals surface area contributed by atoms with Crippen molar-refractivity contribution in [1.29, 1.82) is 0 Å². The lowest BCUT2D eigenvalue weighted by Gasteiger charge is -2.32. The highest BCUT2D eigenvalue weighted by molar-refractivity contribution is 5.87. The Morgan fingerprint density at radius 2 is 0.697 bits per heavy atom. The molecule has 340 valence electrons. The molecule has 0 amide bonds. The molecule has 1 aliphatic rings. The minimum atomic E-state index is -0.111. The summed E-state index contributed by atoms with van der Waals surface area (Å²) in [6, 6.07) is 56.3. The molecule has 0 saturated heterocycles. The largest absolute Gasteiger partial charge is 0.310 e. The molecule has 0 atom stereocenters. The summed E-state index contributed by atoms with van der Waals surface area (Å²) in [6.45, 7) is 39.7. The Morgan fingerprint density at radius 3 is 1.21 bits per heavy atom. The van der Waals surface area contributed by atoms with E-state index in [0.29, 0.717) is 0 Å². The van der Waals surface area contributed by atoms with Crippen molar-refractivity contribution < 1.29 is 0 Å². The Kier molecular flexibility index (Phi) is 11.6. The van der Waals surface area contributed by atoms with Gasteiger partial charge in [-0.25, -0.2) is 0 Å². The van der Waals surface area contributed by atoms with Crippen molar-refractivity contribution in [1.82, 2.24) is 0 Å². The minimum absolute atomic E-state index is 0.00980. The highest BCUT2D eigenvalue weighted by Crippen LogP contribution is 2.51. The average Bonchev–Trinajstić information content (AvgIpc) is 3.47. The fourth-order valence-electron chi connectivity index (χ4n) is 9.62. The van der Waals surface area contributed by atoms with Crippen molar-refractivity contribution in [2.45, 2.75) is 150 Å². The lowest BCUT2D eigenvalue weighted by Crippen LogP contribution is -2.19. The Bertz CT molecular complexity index is 2870. The maximum absolute atomic E-state index is 2.50. The molecule has 7 aromatic rings. The third-order valence-corrected chi connectivity index (χ3v) is 14.2. The van der Waals surface area contributed by atoms with Crippen LogP contribution in [0, 0.1) is 0 Å². The van der Waals surface area contributed by atoms with Gasteiger partial charge in [0.15, 0.2) is 0 Å². The predicted molar refractivity (Wildman–Crippen MR) is 288 cm³/mol. The summed E-state index contributed by atoms with van der Waals surface area (Å²) in [5.74, 6) is 0. The van der Waals surface area contributed by atoms with Gasteiger partial charge in [-0.15, -0.1) is 0 Å². The van der Waals surface area contributed by atoms with Crippen LogP contribution in [-0.4, -0.2) is 0 Å². The molecule has 1 aliphatic carbocycles. The fourth-order valence-corrected chi connectivity index (χ4v) is 9.62. The minimum Gasteiger partial charge on any atom is -0.310 e. The van der Waals surface area contributed by atoms with Gasteiger partial charge < -0.3 is 4.90 Å². The molecule has 0 fully saturated rings. The zero-order valence-electron chi connectivity index (χ0n) is 43.3. The number of hydrogen-bond donors (Lipinski definition) is 0. The summed E-state index contributed by atoms with van der Waals surface area (Å²) in [5.41, 5.74) is 23.1. The lowest BCUT2D eigenvalue weighted by molar-refractivity contribution is 0.568. The van der Waals surface area contributed by atoms with Crippen molar-refractivity contribution in [3.8, 4) is 44.5 Å². The van der Waals surface area contributed by atoms with E-state index in [4.69, 9.17) is 0 Å². The Hall–Kier alpha value is -5.66. The Labute approximate surface area is 399 Å². The van der Waals surface area contributed by atoms with E-state index in [-0.39, 0.29) is 32.5 Å². The Balaban J connectivity index is 1.24. The molecule has 0 radical (unpaired) electrons. The maximum atomic E-state index is 2.50.